The molecule has 0 saturated heterocycles. The second-order valence-electron chi connectivity index (χ2n) is 4.10. The van der Waals surface area contributed by atoms with Gasteiger partial charge in [0.2, 0.25) is 0 Å². The van der Waals surface area contributed by atoms with Crippen LogP contribution in [0, 0.1) is 0 Å². The average Bonchev–Trinajstić information content (AvgIpc) is 2.37. The molecule has 0 amide bonds. The van der Waals surface area contributed by atoms with Crippen LogP contribution in [0.25, 0.3) is 0 Å². The number of hydrogen-bond acceptors (Lipinski definition) is 3. The molecule has 0 N–H and O–H groups in total. The molecular formula is C13H18F3NO2. The SMILES string of the molecule is CN(CCCOCOCc1ccccc1)C(F)(F)F. The number of rotatable bonds is 8. The highest BCUT2D eigenvalue weighted by atomic mass is 19.4. The number of benzene rings is 1. The maximum absolute atomic E-state index is 12.1. The zero-order valence-electron chi connectivity index (χ0n) is 10.8. The number of alkyl halides is 3. The Kier molecular flexibility index (Phi) is 6.83. The van der Waals surface area contributed by atoms with Gasteiger partial charge in [-0.1, -0.05) is 30.3 Å². The Bertz CT molecular complexity index is 343. The Morgan fingerprint density at radius 1 is 1.11 bits per heavy atom. The van der Waals surface area contributed by atoms with Gasteiger partial charge in [0.1, 0.15) is 6.79 Å². The van der Waals surface area contributed by atoms with E-state index in [-0.39, 0.29) is 19.9 Å². The van der Waals surface area contributed by atoms with Crippen molar-refractivity contribution in [2.45, 2.75) is 19.3 Å². The van der Waals surface area contributed by atoms with E-state index in [4.69, 9.17) is 9.47 Å². The molecule has 0 bridgehead atoms. The number of ether oxygens (including phenoxy) is 2. The predicted octanol–water partition coefficient (Wildman–Crippen LogP) is 3.02. The zero-order valence-corrected chi connectivity index (χ0v) is 10.8. The third-order valence-electron chi connectivity index (χ3n) is 2.49. The summed E-state index contributed by atoms with van der Waals surface area (Å²) in [7, 11) is 1.02. The Labute approximate surface area is 110 Å². The molecule has 19 heavy (non-hydrogen) atoms. The minimum Gasteiger partial charge on any atom is -0.355 e. The van der Waals surface area contributed by atoms with Gasteiger partial charge in [0.15, 0.2) is 0 Å². The van der Waals surface area contributed by atoms with E-state index in [1.807, 2.05) is 30.3 Å². The van der Waals surface area contributed by atoms with Crippen molar-refractivity contribution in [2.75, 3.05) is 27.0 Å². The van der Waals surface area contributed by atoms with E-state index in [0.29, 0.717) is 17.9 Å². The van der Waals surface area contributed by atoms with Gasteiger partial charge in [0, 0.05) is 6.54 Å². The number of nitrogens with zero attached hydrogens (tertiary/aromatic N) is 1. The van der Waals surface area contributed by atoms with Crippen molar-refractivity contribution in [3.05, 3.63) is 35.9 Å². The fraction of sp³-hybridized carbons (Fsp3) is 0.538. The van der Waals surface area contributed by atoms with Gasteiger partial charge < -0.3 is 9.47 Å². The van der Waals surface area contributed by atoms with E-state index in [1.54, 1.807) is 0 Å². The van der Waals surface area contributed by atoms with Crippen LogP contribution in [0.15, 0.2) is 30.3 Å². The van der Waals surface area contributed by atoms with Crippen molar-refractivity contribution in [3.63, 3.8) is 0 Å². The quantitative estimate of drug-likeness (QED) is 0.414. The highest BCUT2D eigenvalue weighted by Crippen LogP contribution is 2.18. The van der Waals surface area contributed by atoms with E-state index in [9.17, 15) is 13.2 Å². The third kappa shape index (κ3) is 7.15. The van der Waals surface area contributed by atoms with Crippen molar-refractivity contribution in [1.29, 1.82) is 0 Å². The summed E-state index contributed by atoms with van der Waals surface area (Å²) < 4.78 is 46.7. The molecule has 0 unspecified atom stereocenters. The first-order chi connectivity index (χ1) is 9.00. The van der Waals surface area contributed by atoms with Crippen LogP contribution in [0.1, 0.15) is 12.0 Å². The van der Waals surface area contributed by atoms with Gasteiger partial charge in [0.05, 0.1) is 13.2 Å². The first-order valence-electron chi connectivity index (χ1n) is 5.97. The smallest absolute Gasteiger partial charge is 0.355 e. The van der Waals surface area contributed by atoms with Gasteiger partial charge in [-0.25, -0.2) is 4.90 Å². The normalized spacial score (nSPS) is 12.1. The first kappa shape index (κ1) is 15.9. The fourth-order valence-corrected chi connectivity index (χ4v) is 1.38. The van der Waals surface area contributed by atoms with E-state index >= 15 is 0 Å². The van der Waals surface area contributed by atoms with Crippen LogP contribution in [-0.2, 0) is 16.1 Å². The summed E-state index contributed by atoms with van der Waals surface area (Å²) in [6.07, 6.45) is -3.96. The van der Waals surface area contributed by atoms with Gasteiger partial charge in [0.25, 0.3) is 0 Å². The molecule has 0 heterocycles. The lowest BCUT2D eigenvalue weighted by molar-refractivity contribution is -0.237. The fourth-order valence-electron chi connectivity index (χ4n) is 1.38. The van der Waals surface area contributed by atoms with Crippen LogP contribution >= 0.6 is 0 Å². The highest BCUT2D eigenvalue weighted by Gasteiger charge is 2.33. The summed E-state index contributed by atoms with van der Waals surface area (Å²) in [5.41, 5.74) is 1.03. The van der Waals surface area contributed by atoms with E-state index < -0.39 is 6.30 Å². The van der Waals surface area contributed by atoms with Crippen LogP contribution in [0.5, 0.6) is 0 Å². The monoisotopic (exact) mass is 277 g/mol. The topological polar surface area (TPSA) is 21.7 Å². The molecule has 108 valence electrons. The van der Waals surface area contributed by atoms with E-state index in [2.05, 4.69) is 0 Å². The summed E-state index contributed by atoms with van der Waals surface area (Å²) >= 11 is 0. The molecule has 0 radical (unpaired) electrons. The van der Waals surface area contributed by atoms with Crippen molar-refractivity contribution in [3.8, 4) is 0 Å². The van der Waals surface area contributed by atoms with Gasteiger partial charge in [-0.2, -0.15) is 13.2 Å². The van der Waals surface area contributed by atoms with Crippen LogP contribution < -0.4 is 0 Å². The average molecular weight is 277 g/mol. The van der Waals surface area contributed by atoms with Gasteiger partial charge in [-0.15, -0.1) is 0 Å². The second-order valence-corrected chi connectivity index (χ2v) is 4.10. The van der Waals surface area contributed by atoms with Gasteiger partial charge in [-0.05, 0) is 19.0 Å². The van der Waals surface area contributed by atoms with Gasteiger partial charge in [-0.3, -0.25) is 0 Å². The number of halogens is 3. The summed E-state index contributed by atoms with van der Waals surface area (Å²) in [5.74, 6) is 0. The Morgan fingerprint density at radius 3 is 2.42 bits per heavy atom. The minimum atomic E-state index is -4.27. The summed E-state index contributed by atoms with van der Waals surface area (Å²) in [4.78, 5) is 0.335. The van der Waals surface area contributed by atoms with Crippen molar-refractivity contribution in [1.82, 2.24) is 4.90 Å². The largest absolute Gasteiger partial charge is 0.459 e. The van der Waals surface area contributed by atoms with Gasteiger partial charge >= 0.3 is 6.30 Å². The lowest BCUT2D eigenvalue weighted by Crippen LogP contribution is -2.35. The lowest BCUT2D eigenvalue weighted by Gasteiger charge is -2.19. The Morgan fingerprint density at radius 2 is 1.79 bits per heavy atom. The molecule has 0 saturated carbocycles. The molecule has 6 heteroatoms. The standard InChI is InChI=1S/C13H18F3NO2/c1-17(13(14,15)16)8-5-9-18-11-19-10-12-6-3-2-4-7-12/h2-4,6-7H,5,8-11H2,1H3. The Balaban J connectivity index is 1.97. The van der Waals surface area contributed by atoms with E-state index in [0.717, 1.165) is 12.6 Å². The Hall–Kier alpha value is -1.11. The first-order valence-corrected chi connectivity index (χ1v) is 5.97. The molecule has 1 aromatic carbocycles. The molecule has 0 spiro atoms. The summed E-state index contributed by atoms with van der Waals surface area (Å²) in [5, 5.41) is 0. The van der Waals surface area contributed by atoms with Crippen molar-refractivity contribution >= 4 is 0 Å². The molecule has 0 aliphatic rings. The van der Waals surface area contributed by atoms with Crippen molar-refractivity contribution < 1.29 is 22.6 Å². The van der Waals surface area contributed by atoms with Crippen LogP contribution in [0.3, 0.4) is 0 Å². The minimum absolute atomic E-state index is 0.0812. The maximum Gasteiger partial charge on any atom is 0.459 e. The molecule has 1 rings (SSSR count). The lowest BCUT2D eigenvalue weighted by atomic mass is 10.2. The molecule has 0 aromatic heterocycles. The summed E-state index contributed by atoms with van der Waals surface area (Å²) in [6, 6.07) is 9.59. The molecule has 0 aliphatic carbocycles. The van der Waals surface area contributed by atoms with Crippen molar-refractivity contribution in [2.24, 2.45) is 0 Å². The maximum atomic E-state index is 12.1. The zero-order chi connectivity index (χ0) is 14.1. The van der Waals surface area contributed by atoms with Crippen LogP contribution in [0.4, 0.5) is 13.2 Å². The summed E-state index contributed by atoms with van der Waals surface area (Å²) in [6.45, 7) is 0.686. The third-order valence-corrected chi connectivity index (χ3v) is 2.49. The van der Waals surface area contributed by atoms with E-state index in [1.165, 1.54) is 0 Å². The molecule has 0 fully saturated rings. The molecule has 0 aliphatic heterocycles. The highest BCUT2D eigenvalue weighted by molar-refractivity contribution is 5.13. The molecule has 0 atom stereocenters. The predicted molar refractivity (Wildman–Crippen MR) is 65.4 cm³/mol. The molecule has 3 nitrogen and oxygen atoms in total. The van der Waals surface area contributed by atoms with Crippen LogP contribution in [-0.4, -0.2) is 38.2 Å². The van der Waals surface area contributed by atoms with Crippen LogP contribution in [0.2, 0.25) is 0 Å². The molecular weight excluding hydrogens is 259 g/mol. The second kappa shape index (κ2) is 8.14. The number of hydrogen-bond donors (Lipinski definition) is 0. The molecule has 1 aromatic rings.